The minimum atomic E-state index is -0.966. The first-order valence-corrected chi connectivity index (χ1v) is 16.9. The minimum Gasteiger partial charge on any atom is -0.385 e. The van der Waals surface area contributed by atoms with E-state index >= 15 is 0 Å². The number of aromatic nitrogens is 3. The fourth-order valence-electron chi connectivity index (χ4n) is 7.40. The van der Waals surface area contributed by atoms with Crippen LogP contribution in [0.5, 0.6) is 0 Å². The summed E-state index contributed by atoms with van der Waals surface area (Å²) in [7, 11) is 2.18. The maximum Gasteiger partial charge on any atom is 0.262 e. The second kappa shape index (κ2) is 11.9. The Balaban J connectivity index is 0.893. The van der Waals surface area contributed by atoms with Gasteiger partial charge in [0.2, 0.25) is 11.8 Å². The molecule has 8 rings (SSSR count). The standard InChI is InChI=1S/C35H40N8O4/c1-41-13-11-22(12-14-41)37-30-4-2-3-28(38-30)27-19-42(40-32(27)21-5-6-21)24-15-20(16-24)18-36-23-7-8-25-26(17-23)35(47)43(34(25)46)29-9-10-31(44)39-33(29)45/h2-4,7-8,17,19-22,24,29,36H,5-6,9-16,18H2,1H3,(H,37,38)(H,39,44,45)/t20-,24-,29?. The summed E-state index contributed by atoms with van der Waals surface area (Å²) in [5.74, 6) is -0.0892. The molecule has 12 heteroatoms. The molecule has 3 aromatic rings. The van der Waals surface area contributed by atoms with Crippen molar-refractivity contribution in [2.24, 2.45) is 5.92 Å². The number of anilines is 2. The van der Waals surface area contributed by atoms with E-state index in [4.69, 9.17) is 10.1 Å². The van der Waals surface area contributed by atoms with Crippen LogP contribution in [0.15, 0.2) is 42.6 Å². The number of nitrogens with one attached hydrogen (secondary N) is 3. The fraction of sp³-hybridized carbons (Fsp3) is 0.486. The van der Waals surface area contributed by atoms with Crippen LogP contribution in [0.4, 0.5) is 11.5 Å². The van der Waals surface area contributed by atoms with Crippen LogP contribution < -0.4 is 16.0 Å². The number of amides is 4. The maximum atomic E-state index is 13.2. The van der Waals surface area contributed by atoms with Gasteiger partial charge in [-0.05, 0) is 101 Å². The number of benzene rings is 1. The van der Waals surface area contributed by atoms with Crippen molar-refractivity contribution in [3.8, 4) is 11.3 Å². The van der Waals surface area contributed by atoms with Crippen LogP contribution in [0, 0.1) is 5.92 Å². The van der Waals surface area contributed by atoms with E-state index in [0.717, 1.165) is 73.0 Å². The molecule has 1 atom stereocenters. The molecule has 3 aliphatic heterocycles. The van der Waals surface area contributed by atoms with Crippen molar-refractivity contribution >= 4 is 35.1 Å². The number of nitrogens with zero attached hydrogens (tertiary/aromatic N) is 5. The molecule has 2 aliphatic carbocycles. The number of rotatable bonds is 9. The Morgan fingerprint density at radius 2 is 1.70 bits per heavy atom. The molecule has 4 fully saturated rings. The Hall–Kier alpha value is -4.58. The number of hydrogen-bond acceptors (Lipinski definition) is 9. The lowest BCUT2D eigenvalue weighted by Crippen LogP contribution is -2.54. The number of carbonyl (C=O) groups excluding carboxylic acids is 4. The van der Waals surface area contributed by atoms with Gasteiger partial charge in [-0.3, -0.25) is 34.1 Å². The van der Waals surface area contributed by atoms with Gasteiger partial charge in [-0.1, -0.05) is 6.07 Å². The molecule has 0 spiro atoms. The number of hydrogen-bond donors (Lipinski definition) is 3. The molecule has 4 amide bonds. The van der Waals surface area contributed by atoms with Gasteiger partial charge >= 0.3 is 0 Å². The molecule has 5 aliphatic rings. The number of pyridine rings is 1. The molecule has 2 aromatic heterocycles. The second-order valence-corrected chi connectivity index (χ2v) is 13.9. The molecule has 12 nitrogen and oxygen atoms in total. The average molecular weight is 637 g/mol. The van der Waals surface area contributed by atoms with Crippen LogP contribution in [0.25, 0.3) is 11.3 Å². The van der Waals surface area contributed by atoms with Crippen molar-refractivity contribution in [3.63, 3.8) is 0 Å². The quantitative estimate of drug-likeness (QED) is 0.299. The number of piperidine rings is 2. The smallest absolute Gasteiger partial charge is 0.262 e. The lowest BCUT2D eigenvalue weighted by atomic mass is 9.80. The van der Waals surface area contributed by atoms with Gasteiger partial charge in [0.05, 0.1) is 28.6 Å². The molecule has 3 N–H and O–H groups in total. The van der Waals surface area contributed by atoms with Gasteiger partial charge < -0.3 is 15.5 Å². The van der Waals surface area contributed by atoms with Crippen molar-refractivity contribution in [1.82, 2.24) is 29.9 Å². The van der Waals surface area contributed by atoms with Gasteiger partial charge in [0.25, 0.3) is 11.8 Å². The van der Waals surface area contributed by atoms with Crippen LogP contribution in [-0.4, -0.2) is 87.0 Å². The summed E-state index contributed by atoms with van der Waals surface area (Å²) in [6.45, 7) is 2.95. The third-order valence-corrected chi connectivity index (χ3v) is 10.4. The van der Waals surface area contributed by atoms with Crippen LogP contribution in [0.3, 0.4) is 0 Å². The third-order valence-electron chi connectivity index (χ3n) is 10.4. The Labute approximate surface area is 273 Å². The van der Waals surface area contributed by atoms with Crippen LogP contribution in [0.2, 0.25) is 0 Å². The highest BCUT2D eigenvalue weighted by atomic mass is 16.2. The van der Waals surface area contributed by atoms with Crippen molar-refractivity contribution in [2.75, 3.05) is 37.3 Å². The molecule has 1 unspecified atom stereocenters. The average Bonchev–Trinajstić information content (AvgIpc) is 3.75. The predicted octanol–water partition coefficient (Wildman–Crippen LogP) is 3.79. The highest BCUT2D eigenvalue weighted by molar-refractivity contribution is 6.23. The summed E-state index contributed by atoms with van der Waals surface area (Å²) in [6, 6.07) is 11.2. The van der Waals surface area contributed by atoms with Gasteiger partial charge in [0.15, 0.2) is 0 Å². The maximum absolute atomic E-state index is 13.2. The van der Waals surface area contributed by atoms with E-state index < -0.39 is 23.8 Å². The third kappa shape index (κ3) is 5.79. The van der Waals surface area contributed by atoms with Gasteiger partial charge in [0.1, 0.15) is 11.9 Å². The Kier molecular flexibility index (Phi) is 7.54. The second-order valence-electron chi connectivity index (χ2n) is 13.9. The first-order valence-electron chi connectivity index (χ1n) is 16.9. The van der Waals surface area contributed by atoms with Crippen LogP contribution in [0.1, 0.15) is 89.7 Å². The van der Waals surface area contributed by atoms with Crippen molar-refractivity contribution < 1.29 is 19.2 Å². The summed E-state index contributed by atoms with van der Waals surface area (Å²) in [5.41, 5.74) is 4.62. The summed E-state index contributed by atoms with van der Waals surface area (Å²) < 4.78 is 2.15. The zero-order chi connectivity index (χ0) is 32.2. The highest BCUT2D eigenvalue weighted by Gasteiger charge is 2.44. The molecule has 0 bridgehead atoms. The molecular weight excluding hydrogens is 596 g/mol. The largest absolute Gasteiger partial charge is 0.385 e. The highest BCUT2D eigenvalue weighted by Crippen LogP contribution is 2.45. The van der Waals surface area contributed by atoms with Crippen molar-refractivity contribution in [3.05, 3.63) is 59.4 Å². The molecule has 2 saturated carbocycles. The van der Waals surface area contributed by atoms with Crippen molar-refractivity contribution in [1.29, 1.82) is 0 Å². The normalized spacial score (nSPS) is 25.0. The number of carbonyl (C=O) groups is 4. The van der Waals surface area contributed by atoms with E-state index in [9.17, 15) is 19.2 Å². The summed E-state index contributed by atoms with van der Waals surface area (Å²) in [6.07, 6.45) is 9.02. The molecule has 2 saturated heterocycles. The van der Waals surface area contributed by atoms with E-state index in [1.807, 2.05) is 0 Å². The molecular formula is C35H40N8O4. The van der Waals surface area contributed by atoms with Gasteiger partial charge in [-0.15, -0.1) is 0 Å². The summed E-state index contributed by atoms with van der Waals surface area (Å²) >= 11 is 0. The predicted molar refractivity (Wildman–Crippen MR) is 175 cm³/mol. The zero-order valence-corrected chi connectivity index (χ0v) is 26.6. The number of imide groups is 2. The van der Waals surface area contributed by atoms with E-state index in [0.29, 0.717) is 23.9 Å². The van der Waals surface area contributed by atoms with E-state index in [1.54, 1.807) is 18.2 Å². The van der Waals surface area contributed by atoms with E-state index in [1.165, 1.54) is 18.5 Å². The minimum absolute atomic E-state index is 0.0982. The number of likely N-dealkylation sites (tertiary alicyclic amines) is 1. The number of fused-ring (bicyclic) bond motifs is 1. The van der Waals surface area contributed by atoms with Gasteiger partial charge in [-0.2, -0.15) is 5.10 Å². The summed E-state index contributed by atoms with van der Waals surface area (Å²) in [5, 5.41) is 14.4. The van der Waals surface area contributed by atoms with E-state index in [-0.39, 0.29) is 29.9 Å². The first kappa shape index (κ1) is 29.8. The summed E-state index contributed by atoms with van der Waals surface area (Å²) in [4.78, 5) is 58.5. The van der Waals surface area contributed by atoms with Gasteiger partial charge in [0, 0.05) is 42.4 Å². The Bertz CT molecular complexity index is 1750. The molecule has 5 heterocycles. The lowest BCUT2D eigenvalue weighted by molar-refractivity contribution is -0.136. The first-order chi connectivity index (χ1) is 22.8. The van der Waals surface area contributed by atoms with Crippen LogP contribution >= 0.6 is 0 Å². The molecule has 0 radical (unpaired) electrons. The van der Waals surface area contributed by atoms with Crippen molar-refractivity contribution in [2.45, 2.75) is 75.4 Å². The van der Waals surface area contributed by atoms with Crippen LogP contribution in [-0.2, 0) is 9.59 Å². The topological polar surface area (TPSA) is 142 Å². The van der Waals surface area contributed by atoms with E-state index in [2.05, 4.69) is 57.0 Å². The lowest BCUT2D eigenvalue weighted by Gasteiger charge is -2.35. The van der Waals surface area contributed by atoms with Gasteiger partial charge in [-0.25, -0.2) is 4.98 Å². The fourth-order valence-corrected chi connectivity index (χ4v) is 7.40. The SMILES string of the molecule is CN1CCC(Nc2cccc(-c3cn([C@H]4C[C@H](CNc5ccc6c(c5)C(=O)N(C5CCC(=O)NC5=O)C6=O)C4)nc3C3CC3)n2)CC1. The molecule has 47 heavy (non-hydrogen) atoms. The monoisotopic (exact) mass is 636 g/mol. The zero-order valence-electron chi connectivity index (χ0n) is 26.6. The Morgan fingerprint density at radius 1 is 0.915 bits per heavy atom. The molecule has 244 valence electrons. The Morgan fingerprint density at radius 3 is 2.47 bits per heavy atom. The molecule has 1 aromatic carbocycles.